The molecule has 29 heavy (non-hydrogen) atoms. The Hall–Kier alpha value is -3.47. The molecule has 0 unspecified atom stereocenters. The summed E-state index contributed by atoms with van der Waals surface area (Å²) >= 11 is 0. The molecule has 2 amide bonds. The minimum Gasteiger partial charge on any atom is -0.348 e. The largest absolute Gasteiger partial charge is 0.348 e. The van der Waals surface area contributed by atoms with E-state index in [1.807, 2.05) is 37.3 Å². The van der Waals surface area contributed by atoms with Crippen molar-refractivity contribution >= 4 is 11.8 Å². The molecule has 0 aliphatic rings. The van der Waals surface area contributed by atoms with Crippen LogP contribution in [0.2, 0.25) is 0 Å². The van der Waals surface area contributed by atoms with Gasteiger partial charge in [-0.1, -0.05) is 54.6 Å². The molecule has 0 atom stereocenters. The highest BCUT2D eigenvalue weighted by atomic mass is 19.1. The van der Waals surface area contributed by atoms with Gasteiger partial charge in [-0.05, 0) is 36.8 Å². The summed E-state index contributed by atoms with van der Waals surface area (Å²) in [5, 5.41) is 2.70. The molecular weight excluding hydrogens is 367 g/mol. The number of hydrogen-bond donors (Lipinski definition) is 1. The van der Waals surface area contributed by atoms with Gasteiger partial charge in [-0.15, -0.1) is 0 Å². The maximum Gasteiger partial charge on any atom is 0.254 e. The SMILES string of the molecule is CCN(Cc1ccccc1)C(=O)c1cccc(C(=O)NCc2ccccc2F)c1. The molecule has 0 saturated heterocycles. The van der Waals surface area contributed by atoms with E-state index in [9.17, 15) is 14.0 Å². The topological polar surface area (TPSA) is 49.4 Å². The van der Waals surface area contributed by atoms with Gasteiger partial charge in [0.1, 0.15) is 5.82 Å². The zero-order chi connectivity index (χ0) is 20.6. The second kappa shape index (κ2) is 9.64. The summed E-state index contributed by atoms with van der Waals surface area (Å²) in [5.74, 6) is -0.856. The maximum absolute atomic E-state index is 13.7. The van der Waals surface area contributed by atoms with E-state index in [1.165, 1.54) is 6.07 Å². The van der Waals surface area contributed by atoms with Crippen LogP contribution in [-0.2, 0) is 13.1 Å². The number of carbonyl (C=O) groups excluding carboxylic acids is 2. The first-order chi connectivity index (χ1) is 14.1. The van der Waals surface area contributed by atoms with Crippen LogP contribution in [0.1, 0.15) is 38.8 Å². The lowest BCUT2D eigenvalue weighted by Crippen LogP contribution is -2.30. The van der Waals surface area contributed by atoms with Crippen molar-refractivity contribution in [2.75, 3.05) is 6.54 Å². The van der Waals surface area contributed by atoms with Gasteiger partial charge in [-0.25, -0.2) is 4.39 Å². The molecule has 3 rings (SSSR count). The molecule has 0 radical (unpaired) electrons. The van der Waals surface area contributed by atoms with Crippen LogP contribution in [0.15, 0.2) is 78.9 Å². The first kappa shape index (κ1) is 20.3. The summed E-state index contributed by atoms with van der Waals surface area (Å²) < 4.78 is 13.7. The van der Waals surface area contributed by atoms with Crippen molar-refractivity contribution in [2.24, 2.45) is 0 Å². The van der Waals surface area contributed by atoms with E-state index >= 15 is 0 Å². The van der Waals surface area contributed by atoms with Gasteiger partial charge in [-0.2, -0.15) is 0 Å². The normalized spacial score (nSPS) is 10.4. The van der Waals surface area contributed by atoms with E-state index in [1.54, 1.807) is 47.4 Å². The smallest absolute Gasteiger partial charge is 0.254 e. The highest BCUT2D eigenvalue weighted by Gasteiger charge is 2.16. The molecular formula is C24H23FN2O2. The molecule has 0 fully saturated rings. The third-order valence-electron chi connectivity index (χ3n) is 4.65. The number of amides is 2. The van der Waals surface area contributed by atoms with Crippen molar-refractivity contribution < 1.29 is 14.0 Å². The fourth-order valence-corrected chi connectivity index (χ4v) is 3.03. The molecule has 148 valence electrons. The fraction of sp³-hybridized carbons (Fsp3) is 0.167. The average molecular weight is 390 g/mol. The Bertz CT molecular complexity index is 989. The van der Waals surface area contributed by atoms with Gasteiger partial charge in [0.25, 0.3) is 11.8 Å². The fourth-order valence-electron chi connectivity index (χ4n) is 3.03. The lowest BCUT2D eigenvalue weighted by Gasteiger charge is -2.21. The van der Waals surface area contributed by atoms with Crippen molar-refractivity contribution in [3.63, 3.8) is 0 Å². The predicted octanol–water partition coefficient (Wildman–Crippen LogP) is 4.42. The molecule has 3 aromatic rings. The number of hydrogen-bond acceptors (Lipinski definition) is 2. The Morgan fingerprint density at radius 3 is 2.31 bits per heavy atom. The second-order valence-electron chi connectivity index (χ2n) is 6.66. The molecule has 0 aromatic heterocycles. The highest BCUT2D eigenvalue weighted by molar-refractivity contribution is 5.99. The van der Waals surface area contributed by atoms with E-state index in [4.69, 9.17) is 0 Å². The molecule has 0 spiro atoms. The molecule has 4 nitrogen and oxygen atoms in total. The maximum atomic E-state index is 13.7. The third kappa shape index (κ3) is 5.29. The lowest BCUT2D eigenvalue weighted by molar-refractivity contribution is 0.0752. The number of halogens is 1. The van der Waals surface area contributed by atoms with Crippen molar-refractivity contribution in [3.05, 3.63) is 107 Å². The van der Waals surface area contributed by atoms with Crippen molar-refractivity contribution in [1.82, 2.24) is 10.2 Å². The van der Waals surface area contributed by atoms with Gasteiger partial charge in [0.05, 0.1) is 0 Å². The number of benzene rings is 3. The zero-order valence-corrected chi connectivity index (χ0v) is 16.3. The van der Waals surface area contributed by atoms with Crippen LogP contribution in [0, 0.1) is 5.82 Å². The third-order valence-corrected chi connectivity index (χ3v) is 4.65. The Kier molecular flexibility index (Phi) is 6.74. The molecule has 0 bridgehead atoms. The van der Waals surface area contributed by atoms with E-state index in [0.717, 1.165) is 5.56 Å². The second-order valence-corrected chi connectivity index (χ2v) is 6.66. The van der Waals surface area contributed by atoms with E-state index in [0.29, 0.717) is 29.8 Å². The number of nitrogens with one attached hydrogen (secondary N) is 1. The number of carbonyl (C=O) groups is 2. The standard InChI is InChI=1S/C24H23FN2O2/c1-2-27(17-18-9-4-3-5-10-18)24(29)20-13-8-12-19(15-20)23(28)26-16-21-11-6-7-14-22(21)25/h3-15H,2,16-17H2,1H3,(H,26,28). The van der Waals surface area contributed by atoms with Gasteiger partial charge in [0.15, 0.2) is 0 Å². The van der Waals surface area contributed by atoms with Crippen LogP contribution in [0.25, 0.3) is 0 Å². The van der Waals surface area contributed by atoms with Crippen LogP contribution in [0.5, 0.6) is 0 Å². The zero-order valence-electron chi connectivity index (χ0n) is 16.3. The van der Waals surface area contributed by atoms with Gasteiger partial charge >= 0.3 is 0 Å². The Morgan fingerprint density at radius 1 is 0.897 bits per heavy atom. The Morgan fingerprint density at radius 2 is 1.59 bits per heavy atom. The van der Waals surface area contributed by atoms with Crippen LogP contribution in [0.3, 0.4) is 0 Å². The van der Waals surface area contributed by atoms with Gasteiger partial charge in [0.2, 0.25) is 0 Å². The average Bonchev–Trinajstić information content (AvgIpc) is 2.77. The van der Waals surface area contributed by atoms with Gasteiger partial charge in [-0.3, -0.25) is 9.59 Å². The summed E-state index contributed by atoms with van der Waals surface area (Å²) in [6.45, 7) is 3.06. The van der Waals surface area contributed by atoms with Crippen LogP contribution in [0.4, 0.5) is 4.39 Å². The molecule has 0 heterocycles. The minimum atomic E-state index is -0.365. The molecule has 1 N–H and O–H groups in total. The van der Waals surface area contributed by atoms with Crippen LogP contribution >= 0.6 is 0 Å². The van der Waals surface area contributed by atoms with Gasteiger partial charge < -0.3 is 10.2 Å². The van der Waals surface area contributed by atoms with E-state index in [-0.39, 0.29) is 24.2 Å². The molecule has 3 aromatic carbocycles. The monoisotopic (exact) mass is 390 g/mol. The van der Waals surface area contributed by atoms with Crippen molar-refractivity contribution in [2.45, 2.75) is 20.0 Å². The summed E-state index contributed by atoms with van der Waals surface area (Å²) in [7, 11) is 0. The summed E-state index contributed by atoms with van der Waals surface area (Å²) in [4.78, 5) is 27.1. The van der Waals surface area contributed by atoms with Crippen molar-refractivity contribution in [1.29, 1.82) is 0 Å². The van der Waals surface area contributed by atoms with E-state index < -0.39 is 0 Å². The van der Waals surface area contributed by atoms with Gasteiger partial charge in [0, 0.05) is 36.3 Å². The summed E-state index contributed by atoms with van der Waals surface area (Å²) in [6, 6.07) is 22.7. The molecule has 5 heteroatoms. The van der Waals surface area contributed by atoms with Crippen LogP contribution in [-0.4, -0.2) is 23.3 Å². The molecule has 0 aliphatic carbocycles. The molecule has 0 saturated carbocycles. The summed E-state index contributed by atoms with van der Waals surface area (Å²) in [6.07, 6.45) is 0. The predicted molar refractivity (Wildman–Crippen MR) is 111 cm³/mol. The first-order valence-electron chi connectivity index (χ1n) is 9.53. The molecule has 0 aliphatic heterocycles. The minimum absolute atomic E-state index is 0.0821. The number of rotatable bonds is 7. The van der Waals surface area contributed by atoms with E-state index in [2.05, 4.69) is 5.32 Å². The number of nitrogens with zero attached hydrogens (tertiary/aromatic N) is 1. The highest BCUT2D eigenvalue weighted by Crippen LogP contribution is 2.13. The van der Waals surface area contributed by atoms with Crippen LogP contribution < -0.4 is 5.32 Å². The lowest BCUT2D eigenvalue weighted by atomic mass is 10.1. The quantitative estimate of drug-likeness (QED) is 0.649. The summed E-state index contributed by atoms with van der Waals surface area (Å²) in [5.41, 5.74) is 2.26. The Balaban J connectivity index is 1.69. The van der Waals surface area contributed by atoms with Crippen molar-refractivity contribution in [3.8, 4) is 0 Å². The first-order valence-corrected chi connectivity index (χ1v) is 9.53. The Labute approximate surface area is 170 Å².